The molecule has 0 aromatic carbocycles. The summed E-state index contributed by atoms with van der Waals surface area (Å²) >= 11 is 0. The Morgan fingerprint density at radius 1 is 1.57 bits per heavy atom. The summed E-state index contributed by atoms with van der Waals surface area (Å²) in [6.07, 6.45) is 8.85. The fourth-order valence-electron chi connectivity index (χ4n) is 2.02. The van der Waals surface area contributed by atoms with Gasteiger partial charge in [0, 0.05) is 13.2 Å². The number of hydrogen-bond acceptors (Lipinski definition) is 2. The summed E-state index contributed by atoms with van der Waals surface area (Å²) in [5, 5.41) is 14.2. The second-order valence-corrected chi connectivity index (χ2v) is 3.87. The van der Waals surface area contributed by atoms with E-state index < -0.39 is 0 Å². The Bertz CT molecular complexity index is 330. The summed E-state index contributed by atoms with van der Waals surface area (Å²) in [5.41, 5.74) is 0.922. The minimum Gasteiger partial charge on any atom is -0.387 e. The molecular weight excluding hydrogens is 176 g/mol. The van der Waals surface area contributed by atoms with Gasteiger partial charge in [0.1, 0.15) is 0 Å². The molecule has 2 atom stereocenters. The molecule has 3 nitrogen and oxygen atoms in total. The molecule has 0 bridgehead atoms. The molecule has 1 aliphatic carbocycles. The molecule has 2 unspecified atom stereocenters. The molecule has 0 amide bonds. The van der Waals surface area contributed by atoms with Gasteiger partial charge < -0.3 is 5.11 Å². The van der Waals surface area contributed by atoms with Crippen molar-refractivity contribution in [2.45, 2.75) is 25.4 Å². The quantitative estimate of drug-likeness (QED) is 0.726. The predicted molar refractivity (Wildman–Crippen MR) is 54.6 cm³/mol. The van der Waals surface area contributed by atoms with Crippen LogP contribution in [-0.2, 0) is 7.05 Å². The van der Waals surface area contributed by atoms with E-state index in [9.17, 15) is 5.11 Å². The van der Waals surface area contributed by atoms with Crippen LogP contribution in [0, 0.1) is 5.92 Å². The van der Waals surface area contributed by atoms with E-state index in [0.717, 1.165) is 25.0 Å². The number of aliphatic hydroxyl groups excluding tert-OH is 1. The van der Waals surface area contributed by atoms with Gasteiger partial charge in [-0.2, -0.15) is 5.10 Å². The van der Waals surface area contributed by atoms with Gasteiger partial charge in [-0.25, -0.2) is 0 Å². The normalized spacial score (nSPS) is 23.7. The maximum absolute atomic E-state index is 10.1. The summed E-state index contributed by atoms with van der Waals surface area (Å²) < 4.78 is 1.75. The lowest BCUT2D eigenvalue weighted by atomic mass is 9.88. The van der Waals surface area contributed by atoms with Crippen LogP contribution in [0.4, 0.5) is 0 Å². The second kappa shape index (κ2) is 3.96. The van der Waals surface area contributed by atoms with Crippen molar-refractivity contribution in [3.8, 4) is 0 Å². The van der Waals surface area contributed by atoms with Gasteiger partial charge in [-0.1, -0.05) is 12.2 Å². The van der Waals surface area contributed by atoms with Gasteiger partial charge in [0.2, 0.25) is 0 Å². The zero-order valence-corrected chi connectivity index (χ0v) is 8.43. The van der Waals surface area contributed by atoms with Crippen molar-refractivity contribution in [1.29, 1.82) is 0 Å². The third-order valence-corrected chi connectivity index (χ3v) is 2.92. The number of aliphatic hydroxyl groups is 1. The van der Waals surface area contributed by atoms with E-state index in [1.165, 1.54) is 0 Å². The maximum Gasteiger partial charge on any atom is 0.0987 e. The van der Waals surface area contributed by atoms with Gasteiger partial charge in [0.15, 0.2) is 0 Å². The molecule has 2 rings (SSSR count). The lowest BCUT2D eigenvalue weighted by molar-refractivity contribution is 0.0946. The van der Waals surface area contributed by atoms with Crippen LogP contribution in [0.25, 0.3) is 0 Å². The van der Waals surface area contributed by atoms with Crippen LogP contribution in [0.1, 0.15) is 31.1 Å². The molecule has 1 N–H and O–H groups in total. The molecule has 0 spiro atoms. The van der Waals surface area contributed by atoms with E-state index in [1.807, 2.05) is 13.1 Å². The summed E-state index contributed by atoms with van der Waals surface area (Å²) in [5.74, 6) is 0.357. The summed E-state index contributed by atoms with van der Waals surface area (Å²) in [6, 6.07) is 1.89. The Morgan fingerprint density at radius 2 is 2.43 bits per heavy atom. The largest absolute Gasteiger partial charge is 0.387 e. The lowest BCUT2D eigenvalue weighted by Crippen LogP contribution is -2.16. The zero-order chi connectivity index (χ0) is 9.97. The number of hydrogen-bond donors (Lipinski definition) is 1. The van der Waals surface area contributed by atoms with E-state index in [-0.39, 0.29) is 6.10 Å². The molecule has 1 aromatic heterocycles. The van der Waals surface area contributed by atoms with Crippen LogP contribution in [-0.4, -0.2) is 14.9 Å². The Hall–Kier alpha value is -1.09. The van der Waals surface area contributed by atoms with Gasteiger partial charge in [-0.3, -0.25) is 4.68 Å². The fourth-order valence-corrected chi connectivity index (χ4v) is 2.02. The molecule has 1 aliphatic rings. The number of aryl methyl sites for hydroxylation is 1. The Labute approximate surface area is 84.1 Å². The predicted octanol–water partition coefficient (Wildman–Crippen LogP) is 1.81. The molecule has 1 heterocycles. The van der Waals surface area contributed by atoms with Gasteiger partial charge in [-0.05, 0) is 31.2 Å². The van der Waals surface area contributed by atoms with Crippen molar-refractivity contribution in [2.75, 3.05) is 0 Å². The minimum atomic E-state index is -0.368. The van der Waals surface area contributed by atoms with Crippen LogP contribution in [0.15, 0.2) is 24.4 Å². The SMILES string of the molecule is Cn1nccc1C(O)C1CC=CCC1. The topological polar surface area (TPSA) is 38.0 Å². The molecule has 3 heteroatoms. The number of aromatic nitrogens is 2. The minimum absolute atomic E-state index is 0.357. The van der Waals surface area contributed by atoms with Crippen LogP contribution in [0.2, 0.25) is 0 Å². The molecule has 14 heavy (non-hydrogen) atoms. The summed E-state index contributed by atoms with van der Waals surface area (Å²) in [7, 11) is 1.87. The van der Waals surface area contributed by atoms with Gasteiger partial charge in [-0.15, -0.1) is 0 Å². The van der Waals surface area contributed by atoms with Crippen molar-refractivity contribution in [3.05, 3.63) is 30.1 Å². The Morgan fingerprint density at radius 3 is 3.00 bits per heavy atom. The van der Waals surface area contributed by atoms with E-state index in [1.54, 1.807) is 10.9 Å². The van der Waals surface area contributed by atoms with Crippen LogP contribution < -0.4 is 0 Å². The molecular formula is C11H16N2O. The Balaban J connectivity index is 2.11. The van der Waals surface area contributed by atoms with E-state index in [4.69, 9.17) is 0 Å². The van der Waals surface area contributed by atoms with Gasteiger partial charge in [0.25, 0.3) is 0 Å². The van der Waals surface area contributed by atoms with E-state index >= 15 is 0 Å². The first-order chi connectivity index (χ1) is 6.79. The highest BCUT2D eigenvalue weighted by molar-refractivity contribution is 5.07. The van der Waals surface area contributed by atoms with Crippen molar-refractivity contribution in [1.82, 2.24) is 9.78 Å². The molecule has 0 saturated heterocycles. The van der Waals surface area contributed by atoms with Crippen LogP contribution >= 0.6 is 0 Å². The average Bonchev–Trinajstić information content (AvgIpc) is 2.65. The highest BCUT2D eigenvalue weighted by Crippen LogP contribution is 2.30. The maximum atomic E-state index is 10.1. The van der Waals surface area contributed by atoms with Crippen LogP contribution in [0.3, 0.4) is 0 Å². The number of rotatable bonds is 2. The standard InChI is InChI=1S/C11H16N2O/c1-13-10(7-8-12-13)11(14)9-5-3-2-4-6-9/h2-3,7-9,11,14H,4-6H2,1H3. The number of allylic oxidation sites excluding steroid dienone is 2. The molecule has 0 aliphatic heterocycles. The smallest absolute Gasteiger partial charge is 0.0987 e. The molecule has 0 saturated carbocycles. The van der Waals surface area contributed by atoms with Crippen molar-refractivity contribution in [2.24, 2.45) is 13.0 Å². The van der Waals surface area contributed by atoms with Gasteiger partial charge in [0.05, 0.1) is 11.8 Å². The number of nitrogens with zero attached hydrogens (tertiary/aromatic N) is 2. The molecule has 0 fully saturated rings. The van der Waals surface area contributed by atoms with Crippen molar-refractivity contribution >= 4 is 0 Å². The third kappa shape index (κ3) is 1.73. The molecule has 76 valence electrons. The van der Waals surface area contributed by atoms with E-state index in [2.05, 4.69) is 17.3 Å². The highest BCUT2D eigenvalue weighted by Gasteiger charge is 2.22. The molecule has 1 aromatic rings. The van der Waals surface area contributed by atoms with Gasteiger partial charge >= 0.3 is 0 Å². The first-order valence-electron chi connectivity index (χ1n) is 5.10. The second-order valence-electron chi connectivity index (χ2n) is 3.87. The Kier molecular flexibility index (Phi) is 2.68. The zero-order valence-electron chi connectivity index (χ0n) is 8.43. The van der Waals surface area contributed by atoms with E-state index in [0.29, 0.717) is 5.92 Å². The monoisotopic (exact) mass is 192 g/mol. The highest BCUT2D eigenvalue weighted by atomic mass is 16.3. The first kappa shape index (κ1) is 9.46. The summed E-state index contributed by atoms with van der Waals surface area (Å²) in [4.78, 5) is 0. The fraction of sp³-hybridized carbons (Fsp3) is 0.545. The molecule has 0 radical (unpaired) electrons. The van der Waals surface area contributed by atoms with Crippen molar-refractivity contribution in [3.63, 3.8) is 0 Å². The third-order valence-electron chi connectivity index (χ3n) is 2.92. The van der Waals surface area contributed by atoms with Crippen LogP contribution in [0.5, 0.6) is 0 Å². The summed E-state index contributed by atoms with van der Waals surface area (Å²) in [6.45, 7) is 0. The first-order valence-corrected chi connectivity index (χ1v) is 5.10. The lowest BCUT2D eigenvalue weighted by Gasteiger charge is -2.23. The average molecular weight is 192 g/mol. The van der Waals surface area contributed by atoms with Crippen molar-refractivity contribution < 1.29 is 5.11 Å².